The first kappa shape index (κ1) is 17.8. The SMILES string of the molecule is CCc1c(C(=O)OC(C)(C)C)[nH]c(C=O)c1-c1cccc(OC)c1. The number of aromatic nitrogens is 1. The number of ether oxygens (including phenoxy) is 2. The molecule has 0 radical (unpaired) electrons. The van der Waals surface area contributed by atoms with Crippen molar-refractivity contribution in [3.8, 4) is 16.9 Å². The highest BCUT2D eigenvalue weighted by atomic mass is 16.6. The number of hydrogen-bond acceptors (Lipinski definition) is 4. The number of H-pyrrole nitrogens is 1. The van der Waals surface area contributed by atoms with Crippen molar-refractivity contribution in [2.45, 2.75) is 39.7 Å². The van der Waals surface area contributed by atoms with Crippen molar-refractivity contribution in [3.05, 3.63) is 41.2 Å². The predicted molar refractivity (Wildman–Crippen MR) is 92.7 cm³/mol. The molecule has 0 aliphatic carbocycles. The number of aldehydes is 1. The molecule has 0 aliphatic rings. The second kappa shape index (κ2) is 6.91. The fourth-order valence-electron chi connectivity index (χ4n) is 2.61. The van der Waals surface area contributed by atoms with Gasteiger partial charge in [-0.2, -0.15) is 0 Å². The van der Waals surface area contributed by atoms with Crippen LogP contribution < -0.4 is 4.74 Å². The highest BCUT2D eigenvalue weighted by Crippen LogP contribution is 2.33. The minimum atomic E-state index is -0.606. The average Bonchev–Trinajstić information content (AvgIpc) is 2.92. The fourth-order valence-corrected chi connectivity index (χ4v) is 2.61. The number of esters is 1. The summed E-state index contributed by atoms with van der Waals surface area (Å²) in [6.45, 7) is 7.37. The standard InChI is InChI=1S/C19H23NO4/c1-6-14-16(12-8-7-9-13(10-12)23-5)15(11-21)20-17(14)18(22)24-19(2,3)4/h7-11,20H,6H2,1-5H3. The molecule has 24 heavy (non-hydrogen) atoms. The number of benzene rings is 1. The van der Waals surface area contributed by atoms with Crippen molar-refractivity contribution in [1.82, 2.24) is 4.98 Å². The summed E-state index contributed by atoms with van der Waals surface area (Å²) in [5.74, 6) is 0.225. The summed E-state index contributed by atoms with van der Waals surface area (Å²) in [7, 11) is 1.59. The molecule has 1 aromatic carbocycles. The molecule has 0 aliphatic heterocycles. The molecule has 0 fully saturated rings. The zero-order chi connectivity index (χ0) is 17.9. The Kier molecular flexibility index (Phi) is 5.12. The lowest BCUT2D eigenvalue weighted by Gasteiger charge is -2.19. The summed E-state index contributed by atoms with van der Waals surface area (Å²) >= 11 is 0. The zero-order valence-electron chi connectivity index (χ0n) is 14.7. The van der Waals surface area contributed by atoms with Gasteiger partial charge in [0.05, 0.1) is 12.8 Å². The molecule has 0 spiro atoms. The van der Waals surface area contributed by atoms with E-state index in [-0.39, 0.29) is 0 Å². The normalized spacial score (nSPS) is 11.2. The summed E-state index contributed by atoms with van der Waals surface area (Å²) in [6.07, 6.45) is 1.31. The van der Waals surface area contributed by atoms with Crippen LogP contribution in [-0.2, 0) is 11.2 Å². The number of carbonyl (C=O) groups is 2. The number of aromatic amines is 1. The molecule has 5 heteroatoms. The molecule has 2 rings (SSSR count). The van der Waals surface area contributed by atoms with Crippen LogP contribution in [0.5, 0.6) is 5.75 Å². The third-order valence-corrected chi connectivity index (χ3v) is 3.57. The van der Waals surface area contributed by atoms with Gasteiger partial charge in [0.1, 0.15) is 17.0 Å². The molecule has 1 N–H and O–H groups in total. The zero-order valence-corrected chi connectivity index (χ0v) is 14.7. The van der Waals surface area contributed by atoms with Gasteiger partial charge in [0.2, 0.25) is 0 Å². The lowest BCUT2D eigenvalue weighted by atomic mass is 9.98. The van der Waals surface area contributed by atoms with Crippen molar-refractivity contribution >= 4 is 12.3 Å². The lowest BCUT2D eigenvalue weighted by Crippen LogP contribution is -2.24. The first-order valence-corrected chi connectivity index (χ1v) is 7.88. The van der Waals surface area contributed by atoms with E-state index in [1.807, 2.05) is 52.0 Å². The molecule has 0 saturated heterocycles. The third kappa shape index (κ3) is 3.67. The Balaban J connectivity index is 2.59. The van der Waals surface area contributed by atoms with Crippen LogP contribution in [0.4, 0.5) is 0 Å². The summed E-state index contributed by atoms with van der Waals surface area (Å²) in [5, 5.41) is 0. The molecule has 1 heterocycles. The molecular formula is C19H23NO4. The molecule has 0 unspecified atom stereocenters. The quantitative estimate of drug-likeness (QED) is 0.664. The van der Waals surface area contributed by atoms with E-state index in [2.05, 4.69) is 4.98 Å². The van der Waals surface area contributed by atoms with Gasteiger partial charge in [-0.3, -0.25) is 4.79 Å². The second-order valence-electron chi connectivity index (χ2n) is 6.47. The Hall–Kier alpha value is -2.56. The number of carbonyl (C=O) groups excluding carboxylic acids is 2. The van der Waals surface area contributed by atoms with Crippen LogP contribution >= 0.6 is 0 Å². The first-order valence-electron chi connectivity index (χ1n) is 7.88. The van der Waals surface area contributed by atoms with Gasteiger partial charge in [0.15, 0.2) is 6.29 Å². The smallest absolute Gasteiger partial charge is 0.355 e. The van der Waals surface area contributed by atoms with Gasteiger partial charge in [0.25, 0.3) is 0 Å². The molecule has 0 atom stereocenters. The van der Waals surface area contributed by atoms with Crippen molar-refractivity contribution in [2.24, 2.45) is 0 Å². The molecule has 2 aromatic rings. The van der Waals surface area contributed by atoms with Crippen LogP contribution in [0.15, 0.2) is 24.3 Å². The summed E-state index contributed by atoms with van der Waals surface area (Å²) in [5.41, 5.74) is 2.38. The van der Waals surface area contributed by atoms with Crippen LogP contribution in [0.3, 0.4) is 0 Å². The maximum Gasteiger partial charge on any atom is 0.355 e. The number of nitrogens with one attached hydrogen (secondary N) is 1. The minimum absolute atomic E-state index is 0.326. The van der Waals surface area contributed by atoms with E-state index in [1.54, 1.807) is 7.11 Å². The van der Waals surface area contributed by atoms with Gasteiger partial charge in [-0.1, -0.05) is 19.1 Å². The Morgan fingerprint density at radius 3 is 2.54 bits per heavy atom. The van der Waals surface area contributed by atoms with Crippen molar-refractivity contribution in [3.63, 3.8) is 0 Å². The average molecular weight is 329 g/mol. The molecular weight excluding hydrogens is 306 g/mol. The van der Waals surface area contributed by atoms with Gasteiger partial charge in [-0.05, 0) is 50.5 Å². The maximum absolute atomic E-state index is 12.5. The van der Waals surface area contributed by atoms with Gasteiger partial charge in [-0.15, -0.1) is 0 Å². The van der Waals surface area contributed by atoms with Crippen LogP contribution in [0.1, 0.15) is 54.2 Å². The van der Waals surface area contributed by atoms with Crippen LogP contribution in [-0.4, -0.2) is 30.0 Å². The van der Waals surface area contributed by atoms with Crippen molar-refractivity contribution < 1.29 is 19.1 Å². The molecule has 128 valence electrons. The van der Waals surface area contributed by atoms with E-state index in [0.29, 0.717) is 29.1 Å². The lowest BCUT2D eigenvalue weighted by molar-refractivity contribution is 0.00624. The van der Waals surface area contributed by atoms with E-state index < -0.39 is 11.6 Å². The predicted octanol–water partition coefficient (Wildman–Crippen LogP) is 4.02. The number of rotatable bonds is 5. The first-order chi connectivity index (χ1) is 11.3. The molecule has 0 saturated carbocycles. The van der Waals surface area contributed by atoms with E-state index in [4.69, 9.17) is 9.47 Å². The fraction of sp³-hybridized carbons (Fsp3) is 0.368. The highest BCUT2D eigenvalue weighted by molar-refractivity contribution is 5.97. The van der Waals surface area contributed by atoms with Gasteiger partial charge in [0, 0.05) is 5.56 Å². The van der Waals surface area contributed by atoms with Crippen molar-refractivity contribution in [2.75, 3.05) is 7.11 Å². The Bertz CT molecular complexity index is 753. The summed E-state index contributed by atoms with van der Waals surface area (Å²) < 4.78 is 10.7. The molecule has 1 aromatic heterocycles. The van der Waals surface area contributed by atoms with E-state index in [1.165, 1.54) is 0 Å². The minimum Gasteiger partial charge on any atom is -0.497 e. The van der Waals surface area contributed by atoms with Gasteiger partial charge in [-0.25, -0.2) is 4.79 Å². The highest BCUT2D eigenvalue weighted by Gasteiger charge is 2.26. The monoisotopic (exact) mass is 329 g/mol. The van der Waals surface area contributed by atoms with Crippen LogP contribution in [0.25, 0.3) is 11.1 Å². The van der Waals surface area contributed by atoms with E-state index in [0.717, 1.165) is 17.4 Å². The van der Waals surface area contributed by atoms with E-state index >= 15 is 0 Å². The number of hydrogen-bond donors (Lipinski definition) is 1. The van der Waals surface area contributed by atoms with Crippen LogP contribution in [0, 0.1) is 0 Å². The topological polar surface area (TPSA) is 68.4 Å². The largest absolute Gasteiger partial charge is 0.497 e. The molecule has 0 bridgehead atoms. The van der Waals surface area contributed by atoms with Gasteiger partial charge >= 0.3 is 5.97 Å². The summed E-state index contributed by atoms with van der Waals surface area (Å²) in [6, 6.07) is 7.41. The van der Waals surface area contributed by atoms with Crippen molar-refractivity contribution in [1.29, 1.82) is 0 Å². The maximum atomic E-state index is 12.5. The van der Waals surface area contributed by atoms with E-state index in [9.17, 15) is 9.59 Å². The second-order valence-corrected chi connectivity index (χ2v) is 6.47. The Morgan fingerprint density at radius 1 is 1.29 bits per heavy atom. The van der Waals surface area contributed by atoms with Gasteiger partial charge < -0.3 is 14.5 Å². The Morgan fingerprint density at radius 2 is 2.00 bits per heavy atom. The molecule has 5 nitrogen and oxygen atoms in total. The Labute approximate surface area is 142 Å². The van der Waals surface area contributed by atoms with Crippen LogP contribution in [0.2, 0.25) is 0 Å². The third-order valence-electron chi connectivity index (χ3n) is 3.57. The number of methoxy groups -OCH3 is 1. The molecule has 0 amide bonds. The summed E-state index contributed by atoms with van der Waals surface area (Å²) in [4.78, 5) is 26.9.